The van der Waals surface area contributed by atoms with Gasteiger partial charge in [-0.25, -0.2) is 4.98 Å². The molecular formula is C10H14N2S2. The summed E-state index contributed by atoms with van der Waals surface area (Å²) in [7, 11) is 0. The van der Waals surface area contributed by atoms with Crippen molar-refractivity contribution in [1.82, 2.24) is 4.98 Å². The molecule has 1 aromatic heterocycles. The summed E-state index contributed by atoms with van der Waals surface area (Å²) in [6.45, 7) is 4.25. The highest BCUT2D eigenvalue weighted by Gasteiger charge is 1.99. The van der Waals surface area contributed by atoms with E-state index in [0.717, 1.165) is 9.86 Å². The van der Waals surface area contributed by atoms with E-state index in [4.69, 9.17) is 5.14 Å². The highest BCUT2D eigenvalue weighted by atomic mass is 32.2. The van der Waals surface area contributed by atoms with Gasteiger partial charge >= 0.3 is 0 Å². The average molecular weight is 226 g/mol. The van der Waals surface area contributed by atoms with Gasteiger partial charge in [0.15, 0.2) is 4.34 Å². The largest absolute Gasteiger partial charge is 0.272 e. The van der Waals surface area contributed by atoms with Crippen molar-refractivity contribution in [2.45, 2.75) is 24.6 Å². The molecule has 0 aliphatic carbocycles. The van der Waals surface area contributed by atoms with Crippen LogP contribution in [0.5, 0.6) is 0 Å². The van der Waals surface area contributed by atoms with Crippen molar-refractivity contribution in [3.05, 3.63) is 24.3 Å². The van der Waals surface area contributed by atoms with Crippen LogP contribution in [0.15, 0.2) is 28.6 Å². The molecule has 0 amide bonds. The zero-order chi connectivity index (χ0) is 10.4. The summed E-state index contributed by atoms with van der Waals surface area (Å²) in [6.07, 6.45) is 1.25. The van der Waals surface area contributed by atoms with E-state index in [9.17, 15) is 0 Å². The number of hydrogen-bond donors (Lipinski definition) is 1. The molecule has 2 aromatic rings. The number of fused-ring (bicyclic) bond motifs is 1. The lowest BCUT2D eigenvalue weighted by molar-refractivity contribution is 1.09. The van der Waals surface area contributed by atoms with Crippen molar-refractivity contribution in [3.8, 4) is 0 Å². The number of benzene rings is 1. The number of thiazole rings is 1. The molecule has 4 heteroatoms. The Kier molecular flexibility index (Phi) is 4.93. The molecule has 0 fully saturated rings. The second-order valence-electron chi connectivity index (χ2n) is 2.77. The van der Waals surface area contributed by atoms with Gasteiger partial charge in [-0.2, -0.15) is 0 Å². The molecule has 2 N–H and O–H groups in total. The zero-order valence-electron chi connectivity index (χ0n) is 8.36. The molecular weight excluding hydrogens is 212 g/mol. The van der Waals surface area contributed by atoms with Gasteiger partial charge in [0.1, 0.15) is 0 Å². The summed E-state index contributed by atoms with van der Waals surface area (Å²) < 4.78 is 2.12. The molecule has 2 nitrogen and oxygen atoms in total. The number of nitrogens with zero attached hydrogens (tertiary/aromatic N) is 1. The Balaban J connectivity index is 0.000000293. The number of nitrogens with two attached hydrogens (primary N) is 1. The highest BCUT2D eigenvalue weighted by Crippen LogP contribution is 2.25. The Labute approximate surface area is 92.7 Å². The first-order valence-electron chi connectivity index (χ1n) is 4.54. The minimum atomic E-state index is 0.922. The fourth-order valence-electron chi connectivity index (χ4n) is 0.901. The normalized spacial score (nSPS) is 9.64. The Bertz CT molecular complexity index is 351. The van der Waals surface area contributed by atoms with E-state index < -0.39 is 0 Å². The van der Waals surface area contributed by atoms with Crippen molar-refractivity contribution in [1.29, 1.82) is 0 Å². The smallest absolute Gasteiger partial charge is 0.165 e. The molecule has 0 saturated carbocycles. The molecule has 0 spiro atoms. The van der Waals surface area contributed by atoms with Crippen LogP contribution in [0, 0.1) is 0 Å². The average Bonchev–Trinajstić information content (AvgIpc) is 2.61. The molecule has 2 rings (SSSR count). The monoisotopic (exact) mass is 226 g/mol. The molecule has 0 bridgehead atoms. The van der Waals surface area contributed by atoms with E-state index in [1.807, 2.05) is 24.3 Å². The van der Waals surface area contributed by atoms with Gasteiger partial charge in [0, 0.05) is 0 Å². The number of hydrogen-bond acceptors (Lipinski definition) is 4. The van der Waals surface area contributed by atoms with Crippen LogP contribution < -0.4 is 5.14 Å². The maximum Gasteiger partial charge on any atom is 0.165 e. The van der Waals surface area contributed by atoms with Gasteiger partial charge < -0.3 is 0 Å². The highest BCUT2D eigenvalue weighted by molar-refractivity contribution is 7.99. The van der Waals surface area contributed by atoms with Crippen molar-refractivity contribution in [2.75, 3.05) is 0 Å². The number of aromatic nitrogens is 1. The standard InChI is InChI=1S/C7H6N2S2.C3H8/c8-11-7-9-5-3-1-2-4-6(5)10-7;1-3-2/h1-4H,8H2;3H2,1-2H3. The van der Waals surface area contributed by atoms with E-state index in [1.54, 1.807) is 11.3 Å². The Hall–Kier alpha value is -0.580. The molecule has 0 unspecified atom stereocenters. The van der Waals surface area contributed by atoms with Gasteiger partial charge in [-0.1, -0.05) is 32.4 Å². The van der Waals surface area contributed by atoms with Crippen LogP contribution in [-0.4, -0.2) is 4.98 Å². The maximum absolute atomic E-state index is 5.38. The third-order valence-corrected chi connectivity index (χ3v) is 3.04. The van der Waals surface area contributed by atoms with Crippen LogP contribution in [0.4, 0.5) is 0 Å². The third kappa shape index (κ3) is 2.97. The third-order valence-electron chi connectivity index (χ3n) is 1.38. The Morgan fingerprint density at radius 1 is 1.36 bits per heavy atom. The summed E-state index contributed by atoms with van der Waals surface area (Å²) in [5, 5.41) is 5.38. The molecule has 76 valence electrons. The van der Waals surface area contributed by atoms with Gasteiger partial charge in [-0.3, -0.25) is 5.14 Å². The van der Waals surface area contributed by atoms with Crippen molar-refractivity contribution in [2.24, 2.45) is 5.14 Å². The fraction of sp³-hybridized carbons (Fsp3) is 0.300. The second kappa shape index (κ2) is 6.01. The molecule has 0 atom stereocenters. The van der Waals surface area contributed by atoms with Gasteiger partial charge in [-0.15, -0.1) is 11.3 Å². The summed E-state index contributed by atoms with van der Waals surface area (Å²) in [6, 6.07) is 8.02. The number of para-hydroxylation sites is 1. The quantitative estimate of drug-likeness (QED) is 0.754. The van der Waals surface area contributed by atoms with Gasteiger partial charge in [0.25, 0.3) is 0 Å². The summed E-state index contributed by atoms with van der Waals surface area (Å²) in [5.41, 5.74) is 1.03. The lowest BCUT2D eigenvalue weighted by Gasteiger charge is -1.80. The van der Waals surface area contributed by atoms with E-state index in [2.05, 4.69) is 18.8 Å². The molecule has 1 heterocycles. The predicted octanol–water partition coefficient (Wildman–Crippen LogP) is 3.68. The van der Waals surface area contributed by atoms with Crippen molar-refractivity contribution < 1.29 is 0 Å². The van der Waals surface area contributed by atoms with Gasteiger partial charge in [0.05, 0.1) is 10.2 Å². The molecule has 0 saturated heterocycles. The van der Waals surface area contributed by atoms with Gasteiger partial charge in [0.2, 0.25) is 0 Å². The van der Waals surface area contributed by atoms with E-state index >= 15 is 0 Å². The van der Waals surface area contributed by atoms with Crippen LogP contribution in [0.25, 0.3) is 10.2 Å². The van der Waals surface area contributed by atoms with E-state index in [-0.39, 0.29) is 0 Å². The second-order valence-corrected chi connectivity index (χ2v) is 4.68. The topological polar surface area (TPSA) is 38.9 Å². The summed E-state index contributed by atoms with van der Waals surface area (Å²) in [4.78, 5) is 4.29. The van der Waals surface area contributed by atoms with Crippen LogP contribution >= 0.6 is 23.3 Å². The first kappa shape index (κ1) is 11.5. The van der Waals surface area contributed by atoms with Crippen LogP contribution in [-0.2, 0) is 0 Å². The van der Waals surface area contributed by atoms with E-state index in [1.165, 1.54) is 23.1 Å². The lowest BCUT2D eigenvalue weighted by Crippen LogP contribution is -1.75. The van der Waals surface area contributed by atoms with Crippen LogP contribution in [0.2, 0.25) is 0 Å². The predicted molar refractivity (Wildman–Crippen MR) is 65.6 cm³/mol. The van der Waals surface area contributed by atoms with Gasteiger partial charge in [-0.05, 0) is 24.1 Å². The summed E-state index contributed by atoms with van der Waals surface area (Å²) >= 11 is 2.83. The molecule has 0 aliphatic heterocycles. The fourth-order valence-corrected chi connectivity index (χ4v) is 2.21. The van der Waals surface area contributed by atoms with Crippen LogP contribution in [0.3, 0.4) is 0 Å². The Morgan fingerprint density at radius 3 is 2.57 bits per heavy atom. The van der Waals surface area contributed by atoms with Crippen molar-refractivity contribution >= 4 is 33.5 Å². The molecule has 0 aliphatic rings. The SMILES string of the molecule is CCC.NSc1nc2ccccc2s1. The van der Waals surface area contributed by atoms with Crippen molar-refractivity contribution in [3.63, 3.8) is 0 Å². The molecule has 14 heavy (non-hydrogen) atoms. The minimum Gasteiger partial charge on any atom is -0.272 e. The Morgan fingerprint density at radius 2 is 2.00 bits per heavy atom. The first-order chi connectivity index (χ1) is 6.81. The maximum atomic E-state index is 5.38. The lowest BCUT2D eigenvalue weighted by atomic mass is 10.3. The summed E-state index contributed by atoms with van der Waals surface area (Å²) in [5.74, 6) is 0. The van der Waals surface area contributed by atoms with Crippen LogP contribution in [0.1, 0.15) is 20.3 Å². The zero-order valence-corrected chi connectivity index (χ0v) is 9.99. The molecule has 1 aromatic carbocycles. The number of rotatable bonds is 1. The molecule has 0 radical (unpaired) electrons. The van der Waals surface area contributed by atoms with E-state index in [0.29, 0.717) is 0 Å². The first-order valence-corrected chi connectivity index (χ1v) is 6.23. The minimum absolute atomic E-state index is 0.922.